The van der Waals surface area contributed by atoms with Gasteiger partial charge in [-0.25, -0.2) is 4.98 Å². The third kappa shape index (κ3) is 2.55. The molecule has 1 N–H and O–H groups in total. The van der Waals surface area contributed by atoms with Crippen molar-refractivity contribution < 1.29 is 4.74 Å². The lowest BCUT2D eigenvalue weighted by molar-refractivity contribution is 0.341. The van der Waals surface area contributed by atoms with E-state index >= 15 is 0 Å². The van der Waals surface area contributed by atoms with Crippen LogP contribution in [0.1, 0.15) is 12.6 Å². The normalized spacial score (nSPS) is 10.4. The number of hydrogen-bond donors (Lipinski definition) is 1. The van der Waals surface area contributed by atoms with Gasteiger partial charge < -0.3 is 9.72 Å². The lowest BCUT2D eigenvalue weighted by Crippen LogP contribution is -2.14. The lowest BCUT2D eigenvalue weighted by atomic mass is 10.2. The second-order valence-corrected chi connectivity index (χ2v) is 4.82. The van der Waals surface area contributed by atoms with Crippen molar-refractivity contribution in [2.45, 2.75) is 13.8 Å². The smallest absolute Gasteiger partial charge is 0.264 e. The molecular formula is C13H13IN2O2. The van der Waals surface area contributed by atoms with Gasteiger partial charge in [-0.15, -0.1) is 0 Å². The fourth-order valence-electron chi connectivity index (χ4n) is 1.64. The summed E-state index contributed by atoms with van der Waals surface area (Å²) < 4.78 is 6.15. The second-order valence-electron chi connectivity index (χ2n) is 3.74. The molecule has 0 spiro atoms. The maximum absolute atomic E-state index is 11.8. The molecule has 0 saturated carbocycles. The predicted octanol–water partition coefficient (Wildman–Crippen LogP) is 2.75. The number of aromatic amines is 1. The molecule has 2 aromatic rings. The highest BCUT2D eigenvalue weighted by atomic mass is 127. The fourth-order valence-corrected chi connectivity index (χ4v) is 1.90. The van der Waals surface area contributed by atoms with Crippen LogP contribution in [-0.2, 0) is 0 Å². The Labute approximate surface area is 119 Å². The van der Waals surface area contributed by atoms with Crippen LogP contribution >= 0.6 is 22.6 Å². The number of H-pyrrole nitrogens is 1. The van der Waals surface area contributed by atoms with Crippen LogP contribution in [-0.4, -0.2) is 16.6 Å². The van der Waals surface area contributed by atoms with Crippen LogP contribution in [0.4, 0.5) is 0 Å². The zero-order chi connectivity index (χ0) is 13.1. The fraction of sp³-hybridized carbons (Fsp3) is 0.231. The molecule has 0 unspecified atom stereocenters. The molecule has 5 heteroatoms. The van der Waals surface area contributed by atoms with Crippen LogP contribution in [0.5, 0.6) is 5.75 Å². The number of nitrogens with zero attached hydrogens (tertiary/aromatic N) is 1. The summed E-state index contributed by atoms with van der Waals surface area (Å²) in [5, 5.41) is 0. The van der Waals surface area contributed by atoms with Crippen LogP contribution in [0.25, 0.3) is 11.4 Å². The number of para-hydroxylation sites is 1. The van der Waals surface area contributed by atoms with Crippen LogP contribution in [0.3, 0.4) is 0 Å². The largest absolute Gasteiger partial charge is 0.493 e. The average molecular weight is 356 g/mol. The van der Waals surface area contributed by atoms with E-state index in [-0.39, 0.29) is 5.56 Å². The second kappa shape index (κ2) is 5.51. The standard InChI is InChI=1S/C13H13IN2O2/c1-3-18-10-7-5-4-6-9(10)12-15-8(2)11(14)13(17)16-12/h4-7H,3H2,1-2H3,(H,15,16,17). The number of halogens is 1. The van der Waals surface area contributed by atoms with Crippen molar-refractivity contribution in [1.29, 1.82) is 0 Å². The number of nitrogens with one attached hydrogen (secondary N) is 1. The van der Waals surface area contributed by atoms with Crippen molar-refractivity contribution in [3.63, 3.8) is 0 Å². The summed E-state index contributed by atoms with van der Waals surface area (Å²) in [5.74, 6) is 1.27. The molecule has 0 fully saturated rings. The number of hydrogen-bond acceptors (Lipinski definition) is 3. The Bertz CT molecular complexity index is 623. The number of ether oxygens (including phenoxy) is 1. The van der Waals surface area contributed by atoms with Gasteiger partial charge in [0.15, 0.2) is 0 Å². The molecule has 18 heavy (non-hydrogen) atoms. The van der Waals surface area contributed by atoms with Crippen molar-refractivity contribution in [1.82, 2.24) is 9.97 Å². The lowest BCUT2D eigenvalue weighted by Gasteiger charge is -2.09. The average Bonchev–Trinajstić information content (AvgIpc) is 2.36. The Balaban J connectivity index is 2.59. The van der Waals surface area contributed by atoms with Gasteiger partial charge in [0.1, 0.15) is 11.6 Å². The Kier molecular flexibility index (Phi) is 4.00. The molecule has 0 bridgehead atoms. The molecule has 0 aliphatic rings. The molecule has 1 heterocycles. The van der Waals surface area contributed by atoms with Crippen molar-refractivity contribution in [2.24, 2.45) is 0 Å². The zero-order valence-corrected chi connectivity index (χ0v) is 12.3. The Morgan fingerprint density at radius 1 is 1.39 bits per heavy atom. The van der Waals surface area contributed by atoms with Crippen molar-refractivity contribution in [3.05, 3.63) is 43.9 Å². The first-order valence-electron chi connectivity index (χ1n) is 5.62. The van der Waals surface area contributed by atoms with E-state index in [1.807, 2.05) is 60.7 Å². The van der Waals surface area contributed by atoms with Crippen molar-refractivity contribution >= 4 is 22.6 Å². The number of benzene rings is 1. The van der Waals surface area contributed by atoms with E-state index < -0.39 is 0 Å². The Morgan fingerprint density at radius 3 is 2.78 bits per heavy atom. The summed E-state index contributed by atoms with van der Waals surface area (Å²) >= 11 is 1.99. The van der Waals surface area contributed by atoms with Crippen LogP contribution in [0, 0.1) is 10.5 Å². The minimum absolute atomic E-state index is 0.121. The molecule has 0 radical (unpaired) electrons. The van der Waals surface area contributed by atoms with Gasteiger partial charge >= 0.3 is 0 Å². The summed E-state index contributed by atoms with van der Waals surface area (Å²) in [6.07, 6.45) is 0. The van der Waals surface area contributed by atoms with Gasteiger partial charge in [0.2, 0.25) is 0 Å². The summed E-state index contributed by atoms with van der Waals surface area (Å²) in [4.78, 5) is 18.9. The van der Waals surface area contributed by atoms with E-state index in [4.69, 9.17) is 4.74 Å². The molecule has 94 valence electrons. The summed E-state index contributed by atoms with van der Waals surface area (Å²) in [5.41, 5.74) is 1.40. The maximum Gasteiger partial charge on any atom is 0.264 e. The molecule has 1 aromatic heterocycles. The molecular weight excluding hydrogens is 343 g/mol. The van der Waals surface area contributed by atoms with E-state index in [0.29, 0.717) is 16.0 Å². The van der Waals surface area contributed by atoms with Gasteiger partial charge in [0.05, 0.1) is 21.4 Å². The van der Waals surface area contributed by atoms with Crippen molar-refractivity contribution in [2.75, 3.05) is 6.61 Å². The van der Waals surface area contributed by atoms with Gasteiger partial charge in [-0.05, 0) is 48.6 Å². The van der Waals surface area contributed by atoms with E-state index in [9.17, 15) is 4.79 Å². The molecule has 0 atom stereocenters. The van der Waals surface area contributed by atoms with Gasteiger partial charge in [-0.2, -0.15) is 0 Å². The maximum atomic E-state index is 11.8. The third-order valence-corrected chi connectivity index (χ3v) is 3.74. The monoisotopic (exact) mass is 356 g/mol. The van der Waals surface area contributed by atoms with Gasteiger partial charge in [0, 0.05) is 0 Å². The van der Waals surface area contributed by atoms with Gasteiger partial charge in [0.25, 0.3) is 5.56 Å². The van der Waals surface area contributed by atoms with Crippen LogP contribution < -0.4 is 10.3 Å². The SMILES string of the molecule is CCOc1ccccc1-c1nc(C)c(I)c(=O)[nH]1. The zero-order valence-electron chi connectivity index (χ0n) is 10.2. The highest BCUT2D eigenvalue weighted by Crippen LogP contribution is 2.26. The first-order valence-corrected chi connectivity index (χ1v) is 6.70. The number of aromatic nitrogens is 2. The third-order valence-electron chi connectivity index (χ3n) is 2.47. The quantitative estimate of drug-likeness (QED) is 0.861. The molecule has 0 amide bonds. The Hall–Kier alpha value is -1.37. The van der Waals surface area contributed by atoms with Gasteiger partial charge in [-0.1, -0.05) is 12.1 Å². The van der Waals surface area contributed by atoms with E-state index in [0.717, 1.165) is 17.0 Å². The summed E-state index contributed by atoms with van der Waals surface area (Å²) in [6, 6.07) is 7.54. The van der Waals surface area contributed by atoms with E-state index in [2.05, 4.69) is 9.97 Å². The first-order chi connectivity index (χ1) is 8.63. The van der Waals surface area contributed by atoms with Gasteiger partial charge in [-0.3, -0.25) is 4.79 Å². The molecule has 0 aliphatic carbocycles. The number of rotatable bonds is 3. The minimum atomic E-state index is -0.121. The minimum Gasteiger partial charge on any atom is -0.493 e. The molecule has 0 saturated heterocycles. The van der Waals surface area contributed by atoms with Crippen LogP contribution in [0.15, 0.2) is 29.1 Å². The molecule has 4 nitrogen and oxygen atoms in total. The first kappa shape index (κ1) is 13.1. The van der Waals surface area contributed by atoms with Crippen LogP contribution in [0.2, 0.25) is 0 Å². The van der Waals surface area contributed by atoms with E-state index in [1.165, 1.54) is 0 Å². The topological polar surface area (TPSA) is 55.0 Å². The highest BCUT2D eigenvalue weighted by molar-refractivity contribution is 14.1. The Morgan fingerprint density at radius 2 is 2.11 bits per heavy atom. The van der Waals surface area contributed by atoms with E-state index in [1.54, 1.807) is 0 Å². The summed E-state index contributed by atoms with van der Waals surface area (Å²) in [6.45, 7) is 4.32. The molecule has 2 rings (SSSR count). The van der Waals surface area contributed by atoms with Crippen molar-refractivity contribution in [3.8, 4) is 17.1 Å². The molecule has 0 aliphatic heterocycles. The predicted molar refractivity (Wildman–Crippen MR) is 78.9 cm³/mol. The molecule has 1 aromatic carbocycles. The summed E-state index contributed by atoms with van der Waals surface area (Å²) in [7, 11) is 0. The number of aryl methyl sites for hydroxylation is 1. The highest BCUT2D eigenvalue weighted by Gasteiger charge is 2.10.